The van der Waals surface area contributed by atoms with Crippen molar-refractivity contribution in [1.82, 2.24) is 10.3 Å². The van der Waals surface area contributed by atoms with Gasteiger partial charge in [0.1, 0.15) is 5.82 Å². The summed E-state index contributed by atoms with van der Waals surface area (Å²) in [4.78, 5) is 6.81. The molecule has 1 heterocycles. The summed E-state index contributed by atoms with van der Waals surface area (Å²) in [5.41, 5.74) is 1.23. The molecule has 4 heteroatoms. The molecule has 1 aromatic carbocycles. The minimum atomic E-state index is 0.265. The standard InChI is InChI=1S/C17H25N3O/c1-13(2)21-10-9-20(4)17-16-8-6-5-7-15(16)14(11-18-3)12-19-17/h5-8,12-13,18H,9-11H2,1-4H3. The maximum absolute atomic E-state index is 5.63. The molecule has 21 heavy (non-hydrogen) atoms. The number of ether oxygens (including phenoxy) is 1. The number of likely N-dealkylation sites (N-methyl/N-ethyl adjacent to an activating group) is 1. The minimum Gasteiger partial charge on any atom is -0.377 e. The molecule has 0 aliphatic heterocycles. The normalized spacial score (nSPS) is 11.3. The number of nitrogens with zero attached hydrogens (tertiary/aromatic N) is 2. The van der Waals surface area contributed by atoms with E-state index in [4.69, 9.17) is 4.74 Å². The first-order chi connectivity index (χ1) is 10.1. The molecule has 4 nitrogen and oxygen atoms in total. The lowest BCUT2D eigenvalue weighted by Crippen LogP contribution is -2.25. The lowest BCUT2D eigenvalue weighted by molar-refractivity contribution is 0.0845. The summed E-state index contributed by atoms with van der Waals surface area (Å²) in [6.07, 6.45) is 2.23. The van der Waals surface area contributed by atoms with Gasteiger partial charge in [-0.3, -0.25) is 0 Å². The van der Waals surface area contributed by atoms with Crippen molar-refractivity contribution in [3.63, 3.8) is 0 Å². The molecule has 0 spiro atoms. The number of fused-ring (bicyclic) bond motifs is 1. The second-order valence-electron chi connectivity index (χ2n) is 5.52. The Morgan fingerprint density at radius 2 is 1.95 bits per heavy atom. The smallest absolute Gasteiger partial charge is 0.136 e. The van der Waals surface area contributed by atoms with Crippen molar-refractivity contribution in [1.29, 1.82) is 0 Å². The summed E-state index contributed by atoms with van der Waals surface area (Å²) in [6.45, 7) is 6.48. The lowest BCUT2D eigenvalue weighted by Gasteiger charge is -2.21. The van der Waals surface area contributed by atoms with Crippen LogP contribution in [0.15, 0.2) is 30.5 Å². The quantitative estimate of drug-likeness (QED) is 0.849. The van der Waals surface area contributed by atoms with Gasteiger partial charge in [-0.2, -0.15) is 0 Å². The van der Waals surface area contributed by atoms with Crippen LogP contribution in [-0.2, 0) is 11.3 Å². The number of nitrogens with one attached hydrogen (secondary N) is 1. The van der Waals surface area contributed by atoms with Crippen LogP contribution in [0, 0.1) is 0 Å². The summed E-state index contributed by atoms with van der Waals surface area (Å²) in [5, 5.41) is 5.65. The molecule has 2 aromatic rings. The van der Waals surface area contributed by atoms with Crippen molar-refractivity contribution in [2.75, 3.05) is 32.1 Å². The third-order valence-corrected chi connectivity index (χ3v) is 3.46. The topological polar surface area (TPSA) is 37.4 Å². The first kappa shape index (κ1) is 15.7. The number of hydrogen-bond donors (Lipinski definition) is 1. The highest BCUT2D eigenvalue weighted by atomic mass is 16.5. The van der Waals surface area contributed by atoms with E-state index < -0.39 is 0 Å². The van der Waals surface area contributed by atoms with Crippen LogP contribution in [0.1, 0.15) is 19.4 Å². The largest absolute Gasteiger partial charge is 0.377 e. The Morgan fingerprint density at radius 3 is 2.62 bits per heavy atom. The van der Waals surface area contributed by atoms with Gasteiger partial charge in [0, 0.05) is 31.7 Å². The van der Waals surface area contributed by atoms with E-state index in [1.54, 1.807) is 0 Å². The van der Waals surface area contributed by atoms with Crippen molar-refractivity contribution in [2.24, 2.45) is 0 Å². The van der Waals surface area contributed by atoms with Crippen LogP contribution < -0.4 is 10.2 Å². The molecular weight excluding hydrogens is 262 g/mol. The number of rotatable bonds is 7. The highest BCUT2D eigenvalue weighted by molar-refractivity contribution is 5.94. The van der Waals surface area contributed by atoms with Crippen LogP contribution in [0.2, 0.25) is 0 Å². The fourth-order valence-corrected chi connectivity index (χ4v) is 2.40. The van der Waals surface area contributed by atoms with Crippen LogP contribution in [-0.4, -0.2) is 38.3 Å². The summed E-state index contributed by atoms with van der Waals surface area (Å²) in [7, 11) is 4.02. The van der Waals surface area contributed by atoms with Gasteiger partial charge in [0.2, 0.25) is 0 Å². The molecule has 0 saturated heterocycles. The second kappa shape index (κ2) is 7.38. The molecule has 0 amide bonds. The van der Waals surface area contributed by atoms with E-state index in [2.05, 4.69) is 60.4 Å². The van der Waals surface area contributed by atoms with E-state index in [0.29, 0.717) is 6.61 Å². The molecule has 0 bridgehead atoms. The summed E-state index contributed by atoms with van der Waals surface area (Å²) >= 11 is 0. The van der Waals surface area contributed by atoms with Gasteiger partial charge in [-0.15, -0.1) is 0 Å². The molecule has 114 valence electrons. The van der Waals surface area contributed by atoms with Crippen molar-refractivity contribution < 1.29 is 4.74 Å². The van der Waals surface area contributed by atoms with E-state index >= 15 is 0 Å². The van der Waals surface area contributed by atoms with Gasteiger partial charge in [0.15, 0.2) is 0 Å². The Labute approximate surface area is 127 Å². The van der Waals surface area contributed by atoms with Crippen molar-refractivity contribution >= 4 is 16.6 Å². The van der Waals surface area contributed by atoms with Crippen LogP contribution in [0.3, 0.4) is 0 Å². The summed E-state index contributed by atoms with van der Waals surface area (Å²) in [5.74, 6) is 1.01. The SMILES string of the molecule is CNCc1cnc(N(C)CCOC(C)C)c2ccccc12. The van der Waals surface area contributed by atoms with Gasteiger partial charge in [-0.1, -0.05) is 24.3 Å². The van der Waals surface area contributed by atoms with Crippen LogP contribution in [0.5, 0.6) is 0 Å². The van der Waals surface area contributed by atoms with E-state index in [0.717, 1.165) is 18.9 Å². The molecule has 0 fully saturated rings. The van der Waals surface area contributed by atoms with E-state index in [1.165, 1.54) is 16.3 Å². The third kappa shape index (κ3) is 3.93. The number of benzene rings is 1. The zero-order chi connectivity index (χ0) is 15.2. The Hall–Kier alpha value is -1.65. The van der Waals surface area contributed by atoms with E-state index in [9.17, 15) is 0 Å². The number of aromatic nitrogens is 1. The van der Waals surface area contributed by atoms with Gasteiger partial charge < -0.3 is 15.0 Å². The fraction of sp³-hybridized carbons (Fsp3) is 0.471. The van der Waals surface area contributed by atoms with Gasteiger partial charge in [0.25, 0.3) is 0 Å². The Morgan fingerprint density at radius 1 is 1.24 bits per heavy atom. The maximum atomic E-state index is 5.63. The predicted molar refractivity (Wildman–Crippen MR) is 88.9 cm³/mol. The summed E-state index contributed by atoms with van der Waals surface area (Å²) in [6, 6.07) is 8.44. The number of hydrogen-bond acceptors (Lipinski definition) is 4. The highest BCUT2D eigenvalue weighted by Gasteiger charge is 2.10. The van der Waals surface area contributed by atoms with Gasteiger partial charge >= 0.3 is 0 Å². The molecular formula is C17H25N3O. The zero-order valence-electron chi connectivity index (χ0n) is 13.4. The molecule has 1 N–H and O–H groups in total. The molecule has 0 atom stereocenters. The molecule has 1 aromatic heterocycles. The molecule has 0 aliphatic rings. The maximum Gasteiger partial charge on any atom is 0.136 e. The van der Waals surface area contributed by atoms with Crippen LogP contribution >= 0.6 is 0 Å². The van der Waals surface area contributed by atoms with Crippen molar-refractivity contribution in [3.05, 3.63) is 36.0 Å². The van der Waals surface area contributed by atoms with Crippen molar-refractivity contribution in [3.8, 4) is 0 Å². The average Bonchev–Trinajstić information content (AvgIpc) is 2.47. The molecule has 0 radical (unpaired) electrons. The predicted octanol–water partition coefficient (Wildman–Crippen LogP) is 2.82. The molecule has 2 rings (SSSR count). The third-order valence-electron chi connectivity index (χ3n) is 3.46. The number of pyridine rings is 1. The van der Waals surface area contributed by atoms with Gasteiger partial charge in [0.05, 0.1) is 12.7 Å². The minimum absolute atomic E-state index is 0.265. The second-order valence-corrected chi connectivity index (χ2v) is 5.52. The lowest BCUT2D eigenvalue weighted by atomic mass is 10.1. The van der Waals surface area contributed by atoms with E-state index in [-0.39, 0.29) is 6.10 Å². The van der Waals surface area contributed by atoms with Gasteiger partial charge in [-0.25, -0.2) is 4.98 Å². The molecule has 0 unspecified atom stereocenters. The van der Waals surface area contributed by atoms with Crippen LogP contribution in [0.25, 0.3) is 10.8 Å². The van der Waals surface area contributed by atoms with Crippen molar-refractivity contribution in [2.45, 2.75) is 26.5 Å². The first-order valence-corrected chi connectivity index (χ1v) is 7.47. The molecule has 0 saturated carbocycles. The van der Waals surface area contributed by atoms with E-state index in [1.807, 2.05) is 13.2 Å². The zero-order valence-corrected chi connectivity index (χ0v) is 13.4. The van der Waals surface area contributed by atoms with Crippen LogP contribution in [0.4, 0.5) is 5.82 Å². The Balaban J connectivity index is 2.25. The monoisotopic (exact) mass is 287 g/mol. The Bertz CT molecular complexity index is 583. The fourth-order valence-electron chi connectivity index (χ4n) is 2.40. The Kier molecular flexibility index (Phi) is 5.53. The number of anilines is 1. The average molecular weight is 287 g/mol. The first-order valence-electron chi connectivity index (χ1n) is 7.47. The molecule has 0 aliphatic carbocycles. The highest BCUT2D eigenvalue weighted by Crippen LogP contribution is 2.26. The van der Waals surface area contributed by atoms with Gasteiger partial charge in [-0.05, 0) is 31.8 Å². The summed E-state index contributed by atoms with van der Waals surface area (Å²) < 4.78 is 5.63.